The first-order valence-electron chi connectivity index (χ1n) is 10.1. The highest BCUT2D eigenvalue weighted by Gasteiger charge is 2.50. The van der Waals surface area contributed by atoms with Crippen molar-refractivity contribution in [2.24, 2.45) is 0 Å². The Morgan fingerprint density at radius 2 is 1.81 bits per heavy atom. The average Bonchev–Trinajstić information content (AvgIpc) is 3.30. The van der Waals surface area contributed by atoms with Gasteiger partial charge >= 0.3 is 0 Å². The van der Waals surface area contributed by atoms with Gasteiger partial charge < -0.3 is 10.4 Å². The Morgan fingerprint density at radius 3 is 2.44 bits per heavy atom. The van der Waals surface area contributed by atoms with Gasteiger partial charge in [0, 0.05) is 17.0 Å². The summed E-state index contributed by atoms with van der Waals surface area (Å²) in [5.41, 5.74) is -1.15. The number of rotatable bonds is 5. The zero-order valence-electron chi connectivity index (χ0n) is 17.3. The number of carbonyl (C=O) groups excluding carboxylic acids is 1. The molecule has 3 aromatic rings. The minimum atomic E-state index is -3.90. The summed E-state index contributed by atoms with van der Waals surface area (Å²) in [6, 6.07) is 15.0. The number of aliphatic hydroxyl groups is 1. The van der Waals surface area contributed by atoms with Crippen LogP contribution in [0.5, 0.6) is 0 Å². The molecule has 0 saturated carbocycles. The lowest BCUT2D eigenvalue weighted by molar-refractivity contribution is -0.0411. The first-order valence-corrected chi connectivity index (χ1v) is 12.4. The highest BCUT2D eigenvalue weighted by molar-refractivity contribution is 7.89. The summed E-state index contributed by atoms with van der Waals surface area (Å²) in [4.78, 5) is 13.8. The maximum atomic E-state index is 13.5. The Balaban J connectivity index is 1.75. The number of thiophene rings is 1. The fraction of sp³-hybridized carbons (Fsp3) is 0.261. The summed E-state index contributed by atoms with van der Waals surface area (Å²) >= 11 is 1.36. The van der Waals surface area contributed by atoms with E-state index in [0.29, 0.717) is 4.88 Å². The van der Waals surface area contributed by atoms with Crippen molar-refractivity contribution < 1.29 is 22.7 Å². The molecule has 0 bridgehead atoms. The van der Waals surface area contributed by atoms with Crippen LogP contribution in [0.2, 0.25) is 0 Å². The summed E-state index contributed by atoms with van der Waals surface area (Å²) in [6.45, 7) is 1.69. The number of amides is 1. The van der Waals surface area contributed by atoms with Crippen LogP contribution < -0.4 is 5.32 Å². The summed E-state index contributed by atoms with van der Waals surface area (Å²) < 4.78 is 41.7. The lowest BCUT2D eigenvalue weighted by Crippen LogP contribution is -2.63. The second-order valence-electron chi connectivity index (χ2n) is 7.95. The number of nitrogens with one attached hydrogen (secondary N) is 1. The monoisotopic (exact) mass is 474 g/mol. The minimum absolute atomic E-state index is 0.0930. The molecule has 0 aliphatic carbocycles. The number of carbonyl (C=O) groups is 1. The second kappa shape index (κ2) is 8.74. The van der Waals surface area contributed by atoms with Crippen molar-refractivity contribution >= 4 is 27.3 Å². The topological polar surface area (TPSA) is 86.7 Å². The second-order valence-corrected chi connectivity index (χ2v) is 10.8. The van der Waals surface area contributed by atoms with Crippen LogP contribution in [0, 0.1) is 5.82 Å². The molecule has 1 aliphatic rings. The van der Waals surface area contributed by atoms with Crippen molar-refractivity contribution in [1.82, 2.24) is 9.62 Å². The molecule has 4 rings (SSSR count). The molecule has 1 amide bonds. The fourth-order valence-corrected chi connectivity index (χ4v) is 6.54. The maximum Gasteiger partial charge on any atom is 0.251 e. The maximum absolute atomic E-state index is 13.5. The van der Waals surface area contributed by atoms with Crippen molar-refractivity contribution in [2.45, 2.75) is 35.9 Å². The van der Waals surface area contributed by atoms with E-state index in [0.717, 1.165) is 0 Å². The number of sulfonamides is 1. The highest BCUT2D eigenvalue weighted by Crippen LogP contribution is 2.41. The van der Waals surface area contributed by atoms with Gasteiger partial charge in [0.05, 0.1) is 22.6 Å². The molecule has 2 aromatic carbocycles. The Labute approximate surface area is 190 Å². The van der Waals surface area contributed by atoms with Crippen LogP contribution in [-0.2, 0) is 10.0 Å². The summed E-state index contributed by atoms with van der Waals surface area (Å²) in [5.74, 6) is -0.987. The lowest BCUT2D eigenvalue weighted by atomic mass is 9.83. The Bertz CT molecular complexity index is 1180. The van der Waals surface area contributed by atoms with Crippen molar-refractivity contribution in [3.05, 3.63) is 88.4 Å². The van der Waals surface area contributed by atoms with Gasteiger partial charge in [-0.25, -0.2) is 12.8 Å². The van der Waals surface area contributed by atoms with Gasteiger partial charge in [0.2, 0.25) is 10.0 Å². The molecule has 3 atom stereocenters. The van der Waals surface area contributed by atoms with Crippen LogP contribution in [0.25, 0.3) is 0 Å². The van der Waals surface area contributed by atoms with Crippen molar-refractivity contribution in [3.63, 3.8) is 0 Å². The number of piperidine rings is 1. The standard InChI is InChI=1S/C23H23FN2O4S2/c1-23(28)13-14-26(32(29,30)18-6-3-2-4-7-18)20(19-8-5-15-31-19)21(23)25-22(27)16-9-11-17(24)12-10-16/h2-12,15,20-21,28H,13-14H2,1H3,(H,25,27). The average molecular weight is 475 g/mol. The van der Waals surface area contributed by atoms with E-state index in [4.69, 9.17) is 0 Å². The van der Waals surface area contributed by atoms with E-state index in [-0.39, 0.29) is 23.4 Å². The molecule has 168 valence electrons. The van der Waals surface area contributed by atoms with E-state index in [9.17, 15) is 22.7 Å². The summed E-state index contributed by atoms with van der Waals surface area (Å²) in [5, 5.41) is 15.9. The van der Waals surface area contributed by atoms with Crippen molar-refractivity contribution in [1.29, 1.82) is 0 Å². The Hall–Kier alpha value is -2.59. The Morgan fingerprint density at radius 1 is 1.12 bits per heavy atom. The number of halogens is 1. The van der Waals surface area contributed by atoms with E-state index in [1.807, 2.05) is 5.38 Å². The van der Waals surface area contributed by atoms with Crippen LogP contribution >= 0.6 is 11.3 Å². The molecule has 3 unspecified atom stereocenters. The molecule has 32 heavy (non-hydrogen) atoms. The molecule has 0 radical (unpaired) electrons. The predicted octanol–water partition coefficient (Wildman–Crippen LogP) is 3.57. The van der Waals surface area contributed by atoms with Gasteiger partial charge in [0.25, 0.3) is 5.91 Å². The molecule has 2 heterocycles. The summed E-state index contributed by atoms with van der Waals surface area (Å²) in [6.07, 6.45) is 0.134. The van der Waals surface area contributed by atoms with Gasteiger partial charge in [0.1, 0.15) is 5.82 Å². The van der Waals surface area contributed by atoms with E-state index >= 15 is 0 Å². The third-order valence-corrected chi connectivity index (χ3v) is 8.55. The molecule has 1 aliphatic heterocycles. The minimum Gasteiger partial charge on any atom is -0.388 e. The predicted molar refractivity (Wildman–Crippen MR) is 120 cm³/mol. The van der Waals surface area contributed by atoms with Gasteiger partial charge in [-0.05, 0) is 61.2 Å². The van der Waals surface area contributed by atoms with Crippen LogP contribution in [-0.4, -0.2) is 41.9 Å². The summed E-state index contributed by atoms with van der Waals surface area (Å²) in [7, 11) is -3.90. The van der Waals surface area contributed by atoms with Crippen LogP contribution in [0.4, 0.5) is 4.39 Å². The van der Waals surface area contributed by atoms with Gasteiger partial charge in [0.15, 0.2) is 0 Å². The quantitative estimate of drug-likeness (QED) is 0.592. The van der Waals surface area contributed by atoms with Crippen molar-refractivity contribution in [2.75, 3.05) is 6.54 Å². The molecule has 1 fully saturated rings. The first kappa shape index (κ1) is 22.6. The fourth-order valence-electron chi connectivity index (χ4n) is 3.96. The molecule has 1 aromatic heterocycles. The molecular weight excluding hydrogens is 451 g/mol. The smallest absolute Gasteiger partial charge is 0.251 e. The SMILES string of the molecule is CC1(O)CCN(S(=O)(=O)c2ccccc2)C(c2cccs2)C1NC(=O)c1ccc(F)cc1. The van der Waals surface area contributed by atoms with E-state index in [1.54, 1.807) is 37.3 Å². The number of benzene rings is 2. The molecule has 1 saturated heterocycles. The first-order chi connectivity index (χ1) is 15.2. The molecule has 0 spiro atoms. The molecule has 6 nitrogen and oxygen atoms in total. The third kappa shape index (κ3) is 4.33. The zero-order chi connectivity index (χ0) is 22.9. The largest absolute Gasteiger partial charge is 0.388 e. The van der Waals surface area contributed by atoms with Crippen molar-refractivity contribution in [3.8, 4) is 0 Å². The van der Waals surface area contributed by atoms with Gasteiger partial charge in [-0.2, -0.15) is 4.31 Å². The molecular formula is C23H23FN2O4S2. The van der Waals surface area contributed by atoms with Gasteiger partial charge in [-0.1, -0.05) is 24.3 Å². The lowest BCUT2D eigenvalue weighted by Gasteiger charge is -2.47. The van der Waals surface area contributed by atoms with Crippen LogP contribution in [0.15, 0.2) is 77.0 Å². The van der Waals surface area contributed by atoms with E-state index in [1.165, 1.54) is 52.0 Å². The number of hydrogen-bond acceptors (Lipinski definition) is 5. The highest BCUT2D eigenvalue weighted by atomic mass is 32.2. The molecule has 2 N–H and O–H groups in total. The third-order valence-electron chi connectivity index (χ3n) is 5.71. The van der Waals surface area contributed by atoms with E-state index in [2.05, 4.69) is 5.32 Å². The van der Waals surface area contributed by atoms with Gasteiger partial charge in [-0.15, -0.1) is 11.3 Å². The molecule has 9 heteroatoms. The normalized spacial score (nSPS) is 24.2. The van der Waals surface area contributed by atoms with Gasteiger partial charge in [-0.3, -0.25) is 4.79 Å². The zero-order valence-corrected chi connectivity index (χ0v) is 18.9. The number of nitrogens with zero attached hydrogens (tertiary/aromatic N) is 1. The number of hydrogen-bond donors (Lipinski definition) is 2. The van der Waals surface area contributed by atoms with E-state index < -0.39 is 39.4 Å². The Kier molecular flexibility index (Phi) is 6.17. The van der Waals surface area contributed by atoms with Crippen LogP contribution in [0.3, 0.4) is 0 Å². The van der Waals surface area contributed by atoms with Crippen LogP contribution in [0.1, 0.15) is 34.6 Å².